The molecule has 0 amide bonds. The molecule has 0 fully saturated rings. The van der Waals surface area contributed by atoms with Crippen LogP contribution >= 0.6 is 0 Å². The number of rotatable bonds is 9. The van der Waals surface area contributed by atoms with Gasteiger partial charge in [-0.2, -0.15) is 0 Å². The topological polar surface area (TPSA) is 39.7 Å². The summed E-state index contributed by atoms with van der Waals surface area (Å²) in [6.45, 7) is 5.74. The lowest BCUT2D eigenvalue weighted by Gasteiger charge is -2.16. The molecule has 0 saturated heterocycles. The van der Waals surface area contributed by atoms with Crippen LogP contribution in [-0.2, 0) is 13.1 Å². The first-order chi connectivity index (χ1) is 11.7. The van der Waals surface area contributed by atoms with Gasteiger partial charge in [-0.05, 0) is 48.7 Å². The van der Waals surface area contributed by atoms with E-state index >= 15 is 0 Å². The van der Waals surface area contributed by atoms with Gasteiger partial charge in [-0.25, -0.2) is 0 Å². The Hall–Kier alpha value is -2.20. The molecule has 1 N–H and O–H groups in total. The molecule has 2 aromatic rings. The van der Waals surface area contributed by atoms with Crippen molar-refractivity contribution in [3.8, 4) is 17.2 Å². The molecule has 0 bridgehead atoms. The van der Waals surface area contributed by atoms with Crippen molar-refractivity contribution in [2.24, 2.45) is 0 Å². The smallest absolute Gasteiger partial charge is 0.161 e. The third-order valence-corrected chi connectivity index (χ3v) is 3.95. The van der Waals surface area contributed by atoms with E-state index in [0.29, 0.717) is 0 Å². The van der Waals surface area contributed by atoms with Crippen LogP contribution in [0, 0.1) is 0 Å². The van der Waals surface area contributed by atoms with Crippen molar-refractivity contribution >= 4 is 0 Å². The number of hydrogen-bond donors (Lipinski definition) is 1. The van der Waals surface area contributed by atoms with Gasteiger partial charge in [0.15, 0.2) is 11.5 Å². The first-order valence-corrected chi connectivity index (χ1v) is 8.33. The van der Waals surface area contributed by atoms with E-state index in [1.54, 1.807) is 14.2 Å². The minimum atomic E-state index is 0.179. The minimum Gasteiger partial charge on any atom is -0.497 e. The normalized spacial score (nSPS) is 11.8. The number of hydrogen-bond acceptors (Lipinski definition) is 4. The molecule has 2 aromatic carbocycles. The summed E-state index contributed by atoms with van der Waals surface area (Å²) in [5.41, 5.74) is 2.39. The number of methoxy groups -OCH3 is 2. The lowest BCUT2D eigenvalue weighted by molar-refractivity contribution is 0.207. The van der Waals surface area contributed by atoms with Crippen molar-refractivity contribution in [3.05, 3.63) is 53.6 Å². The average Bonchev–Trinajstić information content (AvgIpc) is 2.63. The van der Waals surface area contributed by atoms with Gasteiger partial charge in [0.1, 0.15) is 5.75 Å². The van der Waals surface area contributed by atoms with E-state index in [2.05, 4.69) is 37.4 Å². The molecule has 0 radical (unpaired) electrons. The number of ether oxygens (including phenoxy) is 3. The molecule has 0 saturated carbocycles. The van der Waals surface area contributed by atoms with Crippen LogP contribution in [0.5, 0.6) is 17.2 Å². The quantitative estimate of drug-likeness (QED) is 0.749. The van der Waals surface area contributed by atoms with Crippen LogP contribution in [0.15, 0.2) is 42.5 Å². The summed E-state index contributed by atoms with van der Waals surface area (Å²) in [6, 6.07) is 14.2. The van der Waals surface area contributed by atoms with E-state index in [1.165, 1.54) is 5.56 Å². The molecule has 4 nitrogen and oxygen atoms in total. The molecule has 24 heavy (non-hydrogen) atoms. The zero-order chi connectivity index (χ0) is 17.4. The third-order valence-electron chi connectivity index (χ3n) is 3.95. The molecule has 0 spiro atoms. The summed E-state index contributed by atoms with van der Waals surface area (Å²) in [6.07, 6.45) is 1.15. The molecule has 0 aliphatic rings. The van der Waals surface area contributed by atoms with Crippen LogP contribution in [0.2, 0.25) is 0 Å². The SMILES string of the molecule is CCC(C)Oc1ccc(CNCc2ccc(OC)cc2)cc1OC. The molecule has 0 aliphatic heterocycles. The summed E-state index contributed by atoms with van der Waals surface area (Å²) in [4.78, 5) is 0. The van der Waals surface area contributed by atoms with Crippen molar-refractivity contribution in [2.75, 3.05) is 14.2 Å². The lowest BCUT2D eigenvalue weighted by Crippen LogP contribution is -2.13. The summed E-state index contributed by atoms with van der Waals surface area (Å²) in [5, 5.41) is 3.44. The van der Waals surface area contributed by atoms with E-state index in [9.17, 15) is 0 Å². The molecule has 4 heteroatoms. The summed E-state index contributed by atoms with van der Waals surface area (Å²) in [5.74, 6) is 2.45. The van der Waals surface area contributed by atoms with Crippen molar-refractivity contribution in [1.29, 1.82) is 0 Å². The van der Waals surface area contributed by atoms with E-state index in [-0.39, 0.29) is 6.10 Å². The summed E-state index contributed by atoms with van der Waals surface area (Å²) < 4.78 is 16.5. The molecule has 0 aromatic heterocycles. The Bertz CT molecular complexity index is 625. The number of nitrogens with one attached hydrogen (secondary N) is 1. The Balaban J connectivity index is 1.92. The minimum absolute atomic E-state index is 0.179. The molecule has 0 aliphatic carbocycles. The Labute approximate surface area is 144 Å². The van der Waals surface area contributed by atoms with Crippen molar-refractivity contribution in [1.82, 2.24) is 5.32 Å². The van der Waals surface area contributed by atoms with Crippen LogP contribution in [-0.4, -0.2) is 20.3 Å². The fraction of sp³-hybridized carbons (Fsp3) is 0.400. The van der Waals surface area contributed by atoms with Gasteiger partial charge in [-0.3, -0.25) is 0 Å². The molecule has 0 heterocycles. The Morgan fingerprint density at radius 3 is 2.17 bits per heavy atom. The van der Waals surface area contributed by atoms with Crippen molar-refractivity contribution < 1.29 is 14.2 Å². The van der Waals surface area contributed by atoms with Gasteiger partial charge in [-0.15, -0.1) is 0 Å². The van der Waals surface area contributed by atoms with Crippen molar-refractivity contribution in [3.63, 3.8) is 0 Å². The highest BCUT2D eigenvalue weighted by atomic mass is 16.5. The maximum Gasteiger partial charge on any atom is 0.161 e. The lowest BCUT2D eigenvalue weighted by atomic mass is 10.1. The first kappa shape index (κ1) is 18.1. The highest BCUT2D eigenvalue weighted by molar-refractivity contribution is 5.43. The van der Waals surface area contributed by atoms with Gasteiger partial charge >= 0.3 is 0 Å². The maximum atomic E-state index is 5.88. The maximum absolute atomic E-state index is 5.88. The van der Waals surface area contributed by atoms with Crippen molar-refractivity contribution in [2.45, 2.75) is 39.5 Å². The van der Waals surface area contributed by atoms with Crippen LogP contribution in [0.25, 0.3) is 0 Å². The van der Waals surface area contributed by atoms with Gasteiger partial charge < -0.3 is 19.5 Å². The molecule has 130 valence electrons. The monoisotopic (exact) mass is 329 g/mol. The second-order valence-corrected chi connectivity index (χ2v) is 5.77. The zero-order valence-electron chi connectivity index (χ0n) is 15.0. The highest BCUT2D eigenvalue weighted by Gasteiger charge is 2.08. The van der Waals surface area contributed by atoms with Gasteiger partial charge in [0.25, 0.3) is 0 Å². The Morgan fingerprint density at radius 2 is 1.54 bits per heavy atom. The average molecular weight is 329 g/mol. The molecular weight excluding hydrogens is 302 g/mol. The third kappa shape index (κ3) is 5.17. The van der Waals surface area contributed by atoms with Gasteiger partial charge in [-0.1, -0.05) is 25.1 Å². The van der Waals surface area contributed by atoms with Gasteiger partial charge in [0.2, 0.25) is 0 Å². The second kappa shape index (κ2) is 9.18. The highest BCUT2D eigenvalue weighted by Crippen LogP contribution is 2.29. The first-order valence-electron chi connectivity index (χ1n) is 8.33. The fourth-order valence-electron chi connectivity index (χ4n) is 2.31. The molecule has 1 unspecified atom stereocenters. The molecule has 2 rings (SSSR count). The van der Waals surface area contributed by atoms with Gasteiger partial charge in [0, 0.05) is 13.1 Å². The van der Waals surface area contributed by atoms with Crippen LogP contribution in [0.3, 0.4) is 0 Å². The Morgan fingerprint density at radius 1 is 0.875 bits per heavy atom. The predicted octanol–water partition coefficient (Wildman–Crippen LogP) is 4.17. The van der Waals surface area contributed by atoms with Gasteiger partial charge in [0.05, 0.1) is 20.3 Å². The summed E-state index contributed by atoms with van der Waals surface area (Å²) >= 11 is 0. The van der Waals surface area contributed by atoms with Crippen LogP contribution < -0.4 is 19.5 Å². The standard InChI is InChI=1S/C20H27NO3/c1-5-15(2)24-19-11-8-17(12-20(19)23-4)14-21-13-16-6-9-18(22-3)10-7-16/h6-12,15,21H,5,13-14H2,1-4H3. The molecule has 1 atom stereocenters. The zero-order valence-corrected chi connectivity index (χ0v) is 15.0. The fourth-order valence-corrected chi connectivity index (χ4v) is 2.31. The van der Waals surface area contributed by atoms with Crippen LogP contribution in [0.4, 0.5) is 0 Å². The van der Waals surface area contributed by atoms with E-state index in [0.717, 1.165) is 42.3 Å². The van der Waals surface area contributed by atoms with E-state index in [1.807, 2.05) is 24.3 Å². The summed E-state index contributed by atoms with van der Waals surface area (Å²) in [7, 11) is 3.35. The van der Waals surface area contributed by atoms with Crippen LogP contribution in [0.1, 0.15) is 31.4 Å². The molecular formula is C20H27NO3. The Kier molecular flexibility index (Phi) is 6.94. The van der Waals surface area contributed by atoms with E-state index in [4.69, 9.17) is 14.2 Å². The second-order valence-electron chi connectivity index (χ2n) is 5.77. The predicted molar refractivity (Wildman–Crippen MR) is 96.9 cm³/mol. The largest absolute Gasteiger partial charge is 0.497 e. The number of benzene rings is 2. The van der Waals surface area contributed by atoms with E-state index < -0.39 is 0 Å².